The quantitative estimate of drug-likeness (QED) is 0.186. The Kier molecular flexibility index (Phi) is 6.42. The monoisotopic (exact) mass is 680 g/mol. The second-order valence-electron chi connectivity index (χ2n) is 13.4. The molecule has 0 spiro atoms. The maximum Gasteiger partial charge on any atom is 0.161 e. The smallest absolute Gasteiger partial charge is 0.161 e. The van der Waals surface area contributed by atoms with Crippen molar-refractivity contribution in [1.82, 2.24) is 9.97 Å². The molecule has 3 nitrogen and oxygen atoms in total. The number of benzene rings is 8. The van der Waals surface area contributed by atoms with Gasteiger partial charge in [-0.05, 0) is 80.2 Å². The van der Waals surface area contributed by atoms with E-state index < -0.39 is 0 Å². The second kappa shape index (κ2) is 11.5. The molecule has 0 amide bonds. The topological polar surface area (TPSA) is 38.9 Å². The third kappa shape index (κ3) is 4.65. The van der Waals surface area contributed by atoms with E-state index in [0.717, 1.165) is 65.5 Å². The first-order valence-corrected chi connectivity index (χ1v) is 18.3. The number of nitrogens with zero attached hydrogens (tertiary/aromatic N) is 2. The molecule has 242 valence electrons. The van der Waals surface area contributed by atoms with E-state index in [9.17, 15) is 0 Å². The summed E-state index contributed by atoms with van der Waals surface area (Å²) in [5.74, 6) is 0.692. The Morgan fingerprint density at radius 1 is 0.423 bits per heavy atom. The van der Waals surface area contributed by atoms with Gasteiger partial charge in [0.05, 0.1) is 15.9 Å². The summed E-state index contributed by atoms with van der Waals surface area (Å²) in [6.45, 7) is 0. The molecule has 0 fully saturated rings. The first kappa shape index (κ1) is 29.1. The highest BCUT2D eigenvalue weighted by molar-refractivity contribution is 7.26. The average molecular weight is 681 g/mol. The lowest BCUT2D eigenvalue weighted by Crippen LogP contribution is -1.94. The number of hydrogen-bond acceptors (Lipinski definition) is 4. The second-order valence-corrected chi connectivity index (χ2v) is 14.4. The Morgan fingerprint density at radius 3 is 1.81 bits per heavy atom. The molecule has 0 saturated heterocycles. The van der Waals surface area contributed by atoms with Crippen molar-refractivity contribution in [2.45, 2.75) is 0 Å². The highest BCUT2D eigenvalue weighted by Crippen LogP contribution is 2.43. The molecule has 0 radical (unpaired) electrons. The number of hydrogen-bond donors (Lipinski definition) is 0. The van der Waals surface area contributed by atoms with Crippen LogP contribution in [0.15, 0.2) is 174 Å². The number of aromatic nitrogens is 2. The molecule has 0 aliphatic heterocycles. The van der Waals surface area contributed by atoms with Crippen molar-refractivity contribution in [3.05, 3.63) is 170 Å². The van der Waals surface area contributed by atoms with Gasteiger partial charge in [-0.1, -0.05) is 133 Å². The molecule has 11 rings (SSSR count). The molecule has 3 aromatic heterocycles. The molecule has 4 heteroatoms. The molecular formula is C48H28N2OS. The van der Waals surface area contributed by atoms with Gasteiger partial charge in [0.1, 0.15) is 11.2 Å². The van der Waals surface area contributed by atoms with Gasteiger partial charge in [-0.3, -0.25) is 0 Å². The lowest BCUT2D eigenvalue weighted by Gasteiger charge is -2.09. The molecule has 11 aromatic rings. The van der Waals surface area contributed by atoms with E-state index in [1.165, 1.54) is 37.4 Å². The minimum atomic E-state index is 0.692. The van der Waals surface area contributed by atoms with Crippen LogP contribution in [0.1, 0.15) is 0 Å². The van der Waals surface area contributed by atoms with Crippen LogP contribution < -0.4 is 0 Å². The van der Waals surface area contributed by atoms with Gasteiger partial charge in [-0.25, -0.2) is 9.97 Å². The van der Waals surface area contributed by atoms with Crippen molar-refractivity contribution in [3.63, 3.8) is 0 Å². The third-order valence-corrected chi connectivity index (χ3v) is 11.4. The summed E-state index contributed by atoms with van der Waals surface area (Å²) in [4.78, 5) is 10.7. The van der Waals surface area contributed by atoms with Crippen LogP contribution in [-0.4, -0.2) is 9.97 Å². The molecule has 3 heterocycles. The zero-order valence-electron chi connectivity index (χ0n) is 27.9. The maximum atomic E-state index is 6.47. The molecule has 0 aliphatic carbocycles. The van der Waals surface area contributed by atoms with Gasteiger partial charge in [0.2, 0.25) is 0 Å². The van der Waals surface area contributed by atoms with Crippen LogP contribution in [0.25, 0.3) is 109 Å². The third-order valence-electron chi connectivity index (χ3n) is 10.3. The predicted octanol–water partition coefficient (Wildman–Crippen LogP) is 13.7. The average Bonchev–Trinajstić information content (AvgIpc) is 3.78. The molecular weight excluding hydrogens is 653 g/mol. The fraction of sp³-hybridized carbons (Fsp3) is 0. The van der Waals surface area contributed by atoms with Crippen molar-refractivity contribution in [2.24, 2.45) is 0 Å². The molecule has 0 atom stereocenters. The van der Waals surface area contributed by atoms with E-state index in [0.29, 0.717) is 5.82 Å². The minimum absolute atomic E-state index is 0.692. The summed E-state index contributed by atoms with van der Waals surface area (Å²) in [5, 5.41) is 8.12. The van der Waals surface area contributed by atoms with E-state index in [2.05, 4.69) is 158 Å². The van der Waals surface area contributed by atoms with Crippen LogP contribution in [0.4, 0.5) is 0 Å². The predicted molar refractivity (Wildman–Crippen MR) is 219 cm³/mol. The fourth-order valence-electron chi connectivity index (χ4n) is 7.66. The van der Waals surface area contributed by atoms with E-state index in [1.54, 1.807) is 11.3 Å². The van der Waals surface area contributed by atoms with Crippen molar-refractivity contribution >= 4 is 75.1 Å². The number of fused-ring (bicyclic) bond motifs is 8. The Morgan fingerprint density at radius 2 is 1.04 bits per heavy atom. The van der Waals surface area contributed by atoms with E-state index >= 15 is 0 Å². The Labute approximate surface area is 303 Å². The molecule has 0 bridgehead atoms. The van der Waals surface area contributed by atoms with Gasteiger partial charge in [0.25, 0.3) is 0 Å². The highest BCUT2D eigenvalue weighted by Gasteiger charge is 2.20. The zero-order chi connectivity index (χ0) is 34.2. The van der Waals surface area contributed by atoms with Crippen molar-refractivity contribution in [1.29, 1.82) is 0 Å². The van der Waals surface area contributed by atoms with E-state index in [4.69, 9.17) is 14.4 Å². The maximum absolute atomic E-state index is 6.47. The van der Waals surface area contributed by atoms with Crippen LogP contribution in [0, 0.1) is 0 Å². The number of rotatable bonds is 4. The van der Waals surface area contributed by atoms with Gasteiger partial charge < -0.3 is 4.42 Å². The first-order valence-electron chi connectivity index (χ1n) is 17.5. The largest absolute Gasteiger partial charge is 0.456 e. The molecule has 0 saturated carbocycles. The Bertz CT molecular complexity index is 3190. The fourth-order valence-corrected chi connectivity index (χ4v) is 8.81. The lowest BCUT2D eigenvalue weighted by molar-refractivity contribution is 0.669. The summed E-state index contributed by atoms with van der Waals surface area (Å²) in [6, 6.07) is 60.3. The van der Waals surface area contributed by atoms with Crippen LogP contribution in [0.2, 0.25) is 0 Å². The van der Waals surface area contributed by atoms with Crippen LogP contribution in [0.5, 0.6) is 0 Å². The van der Waals surface area contributed by atoms with Gasteiger partial charge in [-0.2, -0.15) is 0 Å². The van der Waals surface area contributed by atoms with Crippen molar-refractivity contribution in [3.8, 4) is 44.9 Å². The van der Waals surface area contributed by atoms with Crippen LogP contribution >= 0.6 is 11.3 Å². The Hall–Kier alpha value is -6.62. The minimum Gasteiger partial charge on any atom is -0.456 e. The number of thiophene rings is 1. The molecule has 8 aromatic carbocycles. The number of furan rings is 1. The normalized spacial score (nSPS) is 11.8. The first-order chi connectivity index (χ1) is 25.7. The van der Waals surface area contributed by atoms with Gasteiger partial charge in [0.15, 0.2) is 5.82 Å². The lowest BCUT2D eigenvalue weighted by atomic mass is 9.97. The molecule has 0 aliphatic rings. The standard InChI is InChI=1S/C48H28N2OS/c1-3-10-33-26-35(22-20-29(33)8-1)31-16-18-32(19-17-31)36-24-25-41-40(28-36)44-39(13-7-14-42(44)51-41)48-49-45(37-23-21-30-9-2-4-11-34(30)27-37)47-46(50-48)38-12-5-6-15-43(38)52-47/h1-28H. The highest BCUT2D eigenvalue weighted by atomic mass is 32.1. The summed E-state index contributed by atoms with van der Waals surface area (Å²) >= 11 is 1.76. The van der Waals surface area contributed by atoms with Crippen molar-refractivity contribution in [2.75, 3.05) is 0 Å². The van der Waals surface area contributed by atoms with Crippen LogP contribution in [-0.2, 0) is 0 Å². The summed E-state index contributed by atoms with van der Waals surface area (Å²) in [7, 11) is 0. The van der Waals surface area contributed by atoms with E-state index in [1.807, 2.05) is 12.1 Å². The van der Waals surface area contributed by atoms with Gasteiger partial charge in [-0.15, -0.1) is 11.3 Å². The van der Waals surface area contributed by atoms with Gasteiger partial charge >= 0.3 is 0 Å². The summed E-state index contributed by atoms with van der Waals surface area (Å²) < 4.78 is 8.77. The van der Waals surface area contributed by atoms with E-state index in [-0.39, 0.29) is 0 Å². The molecule has 0 N–H and O–H groups in total. The SMILES string of the molecule is c1ccc2cc(-c3ccc(-c4ccc5oc6cccc(-c7nc(-c8ccc9ccccc9c8)c8sc9ccccc9c8n7)c6c5c4)cc3)ccc2c1. The zero-order valence-corrected chi connectivity index (χ0v) is 28.7. The Balaban J connectivity index is 1.07. The van der Waals surface area contributed by atoms with Gasteiger partial charge in [0, 0.05) is 32.0 Å². The molecule has 52 heavy (non-hydrogen) atoms. The van der Waals surface area contributed by atoms with Crippen LogP contribution in [0.3, 0.4) is 0 Å². The van der Waals surface area contributed by atoms with Crippen molar-refractivity contribution < 1.29 is 4.42 Å². The summed E-state index contributed by atoms with van der Waals surface area (Å²) in [5.41, 5.74) is 10.3. The molecule has 0 unspecified atom stereocenters. The summed E-state index contributed by atoms with van der Waals surface area (Å²) in [6.07, 6.45) is 0.